The van der Waals surface area contributed by atoms with Crippen LogP contribution < -0.4 is 4.74 Å². The van der Waals surface area contributed by atoms with Gasteiger partial charge >= 0.3 is 0 Å². The van der Waals surface area contributed by atoms with Gasteiger partial charge in [0.2, 0.25) is 0 Å². The molecule has 2 aliphatic rings. The minimum Gasteiger partial charge on any atom is -0.492 e. The molecule has 0 unspecified atom stereocenters. The van der Waals surface area contributed by atoms with Crippen molar-refractivity contribution in [3.05, 3.63) is 27.7 Å². The molecule has 0 aromatic heterocycles. The maximum absolute atomic E-state index is 9.33. The third-order valence-electron chi connectivity index (χ3n) is 3.71. The molecule has 82 valence electrons. The van der Waals surface area contributed by atoms with Crippen molar-refractivity contribution in [2.24, 2.45) is 0 Å². The predicted molar refractivity (Wildman–Crippen MR) is 64.5 cm³/mol. The highest BCUT2D eigenvalue weighted by atomic mass is 79.9. The Labute approximate surface area is 103 Å². The third-order valence-corrected chi connectivity index (χ3v) is 4.30. The molecule has 2 nitrogen and oxygen atoms in total. The van der Waals surface area contributed by atoms with Crippen LogP contribution in [-0.2, 0) is 11.8 Å². The van der Waals surface area contributed by atoms with E-state index in [-0.39, 0.29) is 5.41 Å². The van der Waals surface area contributed by atoms with Gasteiger partial charge in [-0.25, -0.2) is 0 Å². The molecule has 0 saturated heterocycles. The summed E-state index contributed by atoms with van der Waals surface area (Å²) in [5.41, 5.74) is 2.18. The van der Waals surface area contributed by atoms with E-state index in [0.29, 0.717) is 0 Å². The molecule has 0 spiro atoms. The molecule has 1 fully saturated rings. The second-order valence-corrected chi connectivity index (χ2v) is 5.45. The molecule has 1 aliphatic heterocycles. The van der Waals surface area contributed by atoms with Gasteiger partial charge in [0.15, 0.2) is 0 Å². The van der Waals surface area contributed by atoms with Crippen molar-refractivity contribution in [2.45, 2.75) is 31.1 Å². The van der Waals surface area contributed by atoms with Gasteiger partial charge in [-0.2, -0.15) is 5.26 Å². The van der Waals surface area contributed by atoms with Crippen LogP contribution in [0.15, 0.2) is 16.6 Å². The molecule has 0 N–H and O–H groups in total. The molecule has 0 atom stereocenters. The van der Waals surface area contributed by atoms with E-state index in [0.717, 1.165) is 41.7 Å². The smallest absolute Gasteiger partial charge is 0.136 e. The van der Waals surface area contributed by atoms with E-state index in [1.807, 2.05) is 0 Å². The molecular weight excluding hydrogens is 266 g/mol. The molecule has 3 heteroatoms. The highest BCUT2D eigenvalue weighted by Crippen LogP contribution is 2.46. The lowest BCUT2D eigenvalue weighted by atomic mass is 9.65. The molecule has 1 aromatic carbocycles. The van der Waals surface area contributed by atoms with E-state index in [4.69, 9.17) is 4.74 Å². The van der Waals surface area contributed by atoms with Crippen LogP contribution in [0.2, 0.25) is 0 Å². The average molecular weight is 278 g/mol. The summed E-state index contributed by atoms with van der Waals surface area (Å²) >= 11 is 3.54. The van der Waals surface area contributed by atoms with E-state index in [1.165, 1.54) is 12.0 Å². The molecule has 1 aliphatic carbocycles. The summed E-state index contributed by atoms with van der Waals surface area (Å²) in [6.45, 7) is 0.761. The van der Waals surface area contributed by atoms with Crippen molar-refractivity contribution in [1.29, 1.82) is 5.26 Å². The Hall–Kier alpha value is -1.01. The van der Waals surface area contributed by atoms with Gasteiger partial charge in [0.1, 0.15) is 5.75 Å². The molecule has 3 rings (SSSR count). The molecule has 0 amide bonds. The minimum atomic E-state index is -0.222. The number of rotatable bonds is 1. The maximum Gasteiger partial charge on any atom is 0.136 e. The second-order valence-electron chi connectivity index (χ2n) is 4.59. The Morgan fingerprint density at radius 1 is 1.38 bits per heavy atom. The number of nitriles is 1. The van der Waals surface area contributed by atoms with Crippen molar-refractivity contribution >= 4 is 15.9 Å². The normalized spacial score (nSPS) is 20.5. The van der Waals surface area contributed by atoms with Crippen molar-refractivity contribution in [3.8, 4) is 11.8 Å². The molecule has 1 heterocycles. The number of benzene rings is 1. The van der Waals surface area contributed by atoms with Gasteiger partial charge < -0.3 is 4.74 Å². The van der Waals surface area contributed by atoms with Gasteiger partial charge in [0, 0.05) is 6.42 Å². The zero-order valence-corrected chi connectivity index (χ0v) is 10.5. The van der Waals surface area contributed by atoms with E-state index in [2.05, 4.69) is 34.1 Å². The van der Waals surface area contributed by atoms with Crippen LogP contribution in [0.1, 0.15) is 30.4 Å². The highest BCUT2D eigenvalue weighted by molar-refractivity contribution is 9.10. The van der Waals surface area contributed by atoms with Crippen molar-refractivity contribution in [2.75, 3.05) is 6.61 Å². The Balaban J connectivity index is 2.10. The van der Waals surface area contributed by atoms with Gasteiger partial charge in [0.05, 0.1) is 22.6 Å². The number of ether oxygens (including phenoxy) is 1. The van der Waals surface area contributed by atoms with E-state index in [1.54, 1.807) is 0 Å². The van der Waals surface area contributed by atoms with Crippen LogP contribution in [-0.4, -0.2) is 6.61 Å². The minimum absolute atomic E-state index is 0.222. The Morgan fingerprint density at radius 3 is 2.81 bits per heavy atom. The zero-order valence-electron chi connectivity index (χ0n) is 8.92. The summed E-state index contributed by atoms with van der Waals surface area (Å²) in [6, 6.07) is 6.71. The summed E-state index contributed by atoms with van der Waals surface area (Å²) in [7, 11) is 0. The van der Waals surface area contributed by atoms with Gasteiger partial charge in [-0.3, -0.25) is 0 Å². The third kappa shape index (κ3) is 1.29. The first-order chi connectivity index (χ1) is 7.75. The fourth-order valence-electron chi connectivity index (χ4n) is 2.53. The fraction of sp³-hybridized carbons (Fsp3) is 0.462. The molecule has 1 aromatic rings. The summed E-state index contributed by atoms with van der Waals surface area (Å²) in [5.74, 6) is 0.969. The first-order valence-electron chi connectivity index (χ1n) is 5.62. The van der Waals surface area contributed by atoms with Crippen LogP contribution in [0, 0.1) is 11.3 Å². The summed E-state index contributed by atoms with van der Waals surface area (Å²) in [5, 5.41) is 9.33. The Kier molecular flexibility index (Phi) is 2.22. The van der Waals surface area contributed by atoms with Crippen molar-refractivity contribution < 1.29 is 4.74 Å². The van der Waals surface area contributed by atoms with Crippen LogP contribution in [0.4, 0.5) is 0 Å². The van der Waals surface area contributed by atoms with E-state index < -0.39 is 0 Å². The van der Waals surface area contributed by atoms with Crippen LogP contribution in [0.5, 0.6) is 5.75 Å². The van der Waals surface area contributed by atoms with Crippen LogP contribution in [0.25, 0.3) is 0 Å². The van der Waals surface area contributed by atoms with Crippen LogP contribution in [0.3, 0.4) is 0 Å². The standard InChI is InChI=1S/C13H12BrNO/c14-11-7-10(13(8-15)3-1-4-13)6-9-2-5-16-12(9)11/h6-7H,1-5H2. The first-order valence-corrected chi connectivity index (χ1v) is 6.41. The highest BCUT2D eigenvalue weighted by Gasteiger charge is 2.40. The fourth-order valence-corrected chi connectivity index (χ4v) is 3.15. The lowest BCUT2D eigenvalue weighted by molar-refractivity contribution is 0.323. The molecule has 16 heavy (non-hydrogen) atoms. The van der Waals surface area contributed by atoms with Gasteiger partial charge in [-0.1, -0.05) is 6.07 Å². The number of hydrogen-bond donors (Lipinski definition) is 0. The van der Waals surface area contributed by atoms with E-state index >= 15 is 0 Å². The molecule has 1 saturated carbocycles. The van der Waals surface area contributed by atoms with Crippen LogP contribution >= 0.6 is 15.9 Å². The van der Waals surface area contributed by atoms with Crippen molar-refractivity contribution in [1.82, 2.24) is 0 Å². The van der Waals surface area contributed by atoms with E-state index in [9.17, 15) is 5.26 Å². The molecule has 0 radical (unpaired) electrons. The van der Waals surface area contributed by atoms with Crippen molar-refractivity contribution in [3.63, 3.8) is 0 Å². The molecular formula is C13H12BrNO. The Bertz CT molecular complexity index is 485. The van der Waals surface area contributed by atoms with Gasteiger partial charge in [-0.05, 0) is 52.4 Å². The maximum atomic E-state index is 9.33. The number of hydrogen-bond acceptors (Lipinski definition) is 2. The lowest BCUT2D eigenvalue weighted by Gasteiger charge is -2.36. The lowest BCUT2D eigenvalue weighted by Crippen LogP contribution is -2.32. The first kappa shape index (κ1) is 10.2. The molecule has 0 bridgehead atoms. The topological polar surface area (TPSA) is 33.0 Å². The zero-order chi connectivity index (χ0) is 11.2. The van der Waals surface area contributed by atoms with Gasteiger partial charge in [0.25, 0.3) is 0 Å². The monoisotopic (exact) mass is 277 g/mol. The quantitative estimate of drug-likeness (QED) is 0.789. The number of nitrogens with zero attached hydrogens (tertiary/aromatic N) is 1. The SMILES string of the molecule is N#CC1(c2cc(Br)c3c(c2)CCO3)CCC1. The summed E-state index contributed by atoms with van der Waals surface area (Å²) in [6.07, 6.45) is 4.12. The van der Waals surface area contributed by atoms with Gasteiger partial charge in [-0.15, -0.1) is 0 Å². The predicted octanol–water partition coefficient (Wildman–Crippen LogP) is 3.33. The average Bonchev–Trinajstić information content (AvgIpc) is 2.65. The Morgan fingerprint density at radius 2 is 2.19 bits per heavy atom. The summed E-state index contributed by atoms with van der Waals surface area (Å²) in [4.78, 5) is 0. The largest absolute Gasteiger partial charge is 0.492 e. The second kappa shape index (κ2) is 3.49. The number of fused-ring (bicyclic) bond motifs is 1. The number of halogens is 1. The summed E-state index contributed by atoms with van der Waals surface area (Å²) < 4.78 is 6.55.